The van der Waals surface area contributed by atoms with Crippen LogP contribution in [0.1, 0.15) is 112 Å². The molecule has 0 amide bonds. The van der Waals surface area contributed by atoms with Crippen LogP contribution < -0.4 is 0 Å². The van der Waals surface area contributed by atoms with Crippen LogP contribution in [0.3, 0.4) is 0 Å². The van der Waals surface area contributed by atoms with Gasteiger partial charge in [0.05, 0.1) is 6.10 Å². The molecule has 0 radical (unpaired) electrons. The van der Waals surface area contributed by atoms with Crippen molar-refractivity contribution in [3.63, 3.8) is 0 Å². The predicted octanol–water partition coefficient (Wildman–Crippen LogP) is 8.02. The van der Waals surface area contributed by atoms with Gasteiger partial charge in [-0.1, -0.05) is 66.0 Å². The molecule has 4 aliphatic carbocycles. The maximum atomic E-state index is 10.2. The van der Waals surface area contributed by atoms with Gasteiger partial charge >= 0.3 is 0 Å². The smallest absolute Gasteiger partial charge is 0.0577 e. The molecule has 4 rings (SSSR count). The van der Waals surface area contributed by atoms with E-state index in [9.17, 15) is 5.11 Å². The molecule has 1 unspecified atom stereocenters. The van der Waals surface area contributed by atoms with Crippen LogP contribution >= 0.6 is 0 Å². The Hall–Kier alpha value is -0.300. The third-order valence-corrected chi connectivity index (χ3v) is 11.3. The summed E-state index contributed by atoms with van der Waals surface area (Å²) in [5, 5.41) is 10.2. The van der Waals surface area contributed by atoms with E-state index in [0.29, 0.717) is 10.8 Å². The monoisotopic (exact) mass is 414 g/mol. The second-order valence-electron chi connectivity index (χ2n) is 12.9. The Labute approximate surface area is 187 Å². The molecule has 3 fully saturated rings. The SMILES string of the molecule is CC[C@H](CC[C@@H](C)[C@H]1CCC2[C@@H]3CC=C4C[C@@H](O)CC[C@]4(C)[C@H]3CC[C@@]21C)C(C)C. The van der Waals surface area contributed by atoms with Crippen molar-refractivity contribution in [2.45, 2.75) is 118 Å². The minimum Gasteiger partial charge on any atom is -0.393 e. The average molecular weight is 415 g/mol. The van der Waals surface area contributed by atoms with E-state index < -0.39 is 0 Å². The van der Waals surface area contributed by atoms with E-state index in [-0.39, 0.29) is 6.10 Å². The lowest BCUT2D eigenvalue weighted by molar-refractivity contribution is -0.0575. The average Bonchev–Trinajstić information content (AvgIpc) is 3.06. The number of rotatable bonds is 6. The van der Waals surface area contributed by atoms with Gasteiger partial charge in [-0.2, -0.15) is 0 Å². The zero-order chi connectivity index (χ0) is 21.7. The highest BCUT2D eigenvalue weighted by atomic mass is 16.3. The van der Waals surface area contributed by atoms with Crippen LogP contribution in [-0.4, -0.2) is 11.2 Å². The summed E-state index contributed by atoms with van der Waals surface area (Å²) in [5.74, 6) is 6.31. The van der Waals surface area contributed by atoms with Gasteiger partial charge in [0.2, 0.25) is 0 Å². The minimum atomic E-state index is -0.0794. The molecular weight excluding hydrogens is 364 g/mol. The van der Waals surface area contributed by atoms with Crippen LogP contribution in [0.4, 0.5) is 0 Å². The lowest BCUT2D eigenvalue weighted by atomic mass is 9.47. The zero-order valence-electron chi connectivity index (χ0n) is 20.9. The molecule has 4 aliphatic rings. The van der Waals surface area contributed by atoms with Crippen molar-refractivity contribution < 1.29 is 5.11 Å². The summed E-state index contributed by atoms with van der Waals surface area (Å²) in [6, 6.07) is 0. The number of hydrogen-bond acceptors (Lipinski definition) is 1. The molecule has 0 saturated heterocycles. The van der Waals surface area contributed by atoms with Gasteiger partial charge in [-0.15, -0.1) is 0 Å². The largest absolute Gasteiger partial charge is 0.393 e. The molecule has 0 aliphatic heterocycles. The van der Waals surface area contributed by atoms with Crippen molar-refractivity contribution >= 4 is 0 Å². The topological polar surface area (TPSA) is 20.2 Å². The van der Waals surface area contributed by atoms with Gasteiger partial charge in [0, 0.05) is 0 Å². The van der Waals surface area contributed by atoms with E-state index >= 15 is 0 Å². The number of aliphatic hydroxyl groups is 1. The van der Waals surface area contributed by atoms with Crippen LogP contribution in [0.5, 0.6) is 0 Å². The summed E-state index contributed by atoms with van der Waals surface area (Å²) in [5.41, 5.74) is 2.59. The van der Waals surface area contributed by atoms with Crippen LogP contribution in [0.25, 0.3) is 0 Å². The first-order valence-electron chi connectivity index (χ1n) is 13.6. The first kappa shape index (κ1) is 22.9. The molecule has 3 saturated carbocycles. The van der Waals surface area contributed by atoms with Crippen LogP contribution in [-0.2, 0) is 0 Å². The van der Waals surface area contributed by atoms with Gasteiger partial charge in [0.15, 0.2) is 0 Å². The van der Waals surface area contributed by atoms with Crippen molar-refractivity contribution in [1.82, 2.24) is 0 Å². The molecule has 1 N–H and O–H groups in total. The van der Waals surface area contributed by atoms with Crippen molar-refractivity contribution in [2.75, 3.05) is 0 Å². The third kappa shape index (κ3) is 3.74. The maximum absolute atomic E-state index is 10.2. The van der Waals surface area contributed by atoms with Crippen molar-refractivity contribution in [3.05, 3.63) is 11.6 Å². The van der Waals surface area contributed by atoms with E-state index in [1.165, 1.54) is 57.8 Å². The van der Waals surface area contributed by atoms with Crippen molar-refractivity contribution in [3.8, 4) is 0 Å². The van der Waals surface area contributed by atoms with E-state index in [2.05, 4.69) is 47.6 Å². The normalized spacial score (nSPS) is 45.3. The second-order valence-corrected chi connectivity index (χ2v) is 12.9. The molecule has 30 heavy (non-hydrogen) atoms. The summed E-state index contributed by atoms with van der Waals surface area (Å²) in [6.07, 6.45) is 17.1. The fraction of sp³-hybridized carbons (Fsp3) is 0.931. The lowest BCUT2D eigenvalue weighted by Crippen LogP contribution is -2.50. The van der Waals surface area contributed by atoms with Gasteiger partial charge in [-0.05, 0) is 110 Å². The van der Waals surface area contributed by atoms with Gasteiger partial charge in [-0.3, -0.25) is 0 Å². The summed E-state index contributed by atoms with van der Waals surface area (Å²) in [7, 11) is 0. The Morgan fingerprint density at radius 1 is 1.00 bits per heavy atom. The first-order valence-corrected chi connectivity index (χ1v) is 13.6. The van der Waals surface area contributed by atoms with Gasteiger partial charge in [0.1, 0.15) is 0 Å². The highest BCUT2D eigenvalue weighted by molar-refractivity contribution is 5.25. The van der Waals surface area contributed by atoms with E-state index in [4.69, 9.17) is 0 Å². The second kappa shape index (κ2) is 8.57. The molecule has 0 spiro atoms. The van der Waals surface area contributed by atoms with Crippen LogP contribution in [0.2, 0.25) is 0 Å². The Bertz CT molecular complexity index is 634. The molecule has 0 aromatic heterocycles. The number of allylic oxidation sites excluding steroid dienone is 1. The molecule has 9 atom stereocenters. The lowest BCUT2D eigenvalue weighted by Gasteiger charge is -2.58. The standard InChI is InChI=1S/C29H50O/c1-7-21(19(2)3)9-8-20(4)25-12-13-26-24-11-10-22-18-23(30)14-16-28(22,5)27(24)15-17-29(25,26)6/h10,19-21,23-27,30H,7-9,11-18H2,1-6H3/t20-,21-,23+,24+,25-,26?,27+,28+,29-/m1/s1. The first-order chi connectivity index (χ1) is 14.2. The molecule has 1 heteroatoms. The Morgan fingerprint density at radius 2 is 1.77 bits per heavy atom. The third-order valence-electron chi connectivity index (χ3n) is 11.3. The summed E-state index contributed by atoms with van der Waals surface area (Å²) < 4.78 is 0. The van der Waals surface area contributed by atoms with E-state index in [1.807, 2.05) is 0 Å². The van der Waals surface area contributed by atoms with Gasteiger partial charge in [0.25, 0.3) is 0 Å². The quantitative estimate of drug-likeness (QED) is 0.436. The number of aliphatic hydroxyl groups excluding tert-OH is 1. The van der Waals surface area contributed by atoms with Crippen LogP contribution in [0, 0.1) is 52.3 Å². The van der Waals surface area contributed by atoms with Crippen LogP contribution in [0.15, 0.2) is 11.6 Å². The van der Waals surface area contributed by atoms with Crippen molar-refractivity contribution in [1.29, 1.82) is 0 Å². The molecule has 0 aromatic rings. The summed E-state index contributed by atoms with van der Waals surface area (Å²) in [4.78, 5) is 0. The maximum Gasteiger partial charge on any atom is 0.0577 e. The van der Waals surface area contributed by atoms with Gasteiger partial charge < -0.3 is 5.11 Å². The van der Waals surface area contributed by atoms with Crippen molar-refractivity contribution in [2.24, 2.45) is 52.3 Å². The minimum absolute atomic E-state index is 0.0794. The Morgan fingerprint density at radius 3 is 2.47 bits per heavy atom. The van der Waals surface area contributed by atoms with Gasteiger partial charge in [-0.25, -0.2) is 0 Å². The number of hydrogen-bond donors (Lipinski definition) is 1. The predicted molar refractivity (Wildman–Crippen MR) is 128 cm³/mol. The fourth-order valence-corrected chi connectivity index (χ4v) is 9.30. The summed E-state index contributed by atoms with van der Waals surface area (Å²) >= 11 is 0. The molecule has 172 valence electrons. The fourth-order valence-electron chi connectivity index (χ4n) is 9.30. The summed E-state index contributed by atoms with van der Waals surface area (Å²) in [6.45, 7) is 15.1. The molecule has 0 heterocycles. The zero-order valence-corrected chi connectivity index (χ0v) is 20.9. The Balaban J connectivity index is 1.47. The molecular formula is C29H50O. The highest BCUT2D eigenvalue weighted by Crippen LogP contribution is 2.67. The molecule has 1 nitrogen and oxygen atoms in total. The van der Waals surface area contributed by atoms with E-state index in [0.717, 1.165) is 54.3 Å². The molecule has 0 aromatic carbocycles. The highest BCUT2D eigenvalue weighted by Gasteiger charge is 2.59. The molecule has 0 bridgehead atoms. The van der Waals surface area contributed by atoms with E-state index in [1.54, 1.807) is 5.57 Å². The number of fused-ring (bicyclic) bond motifs is 5. The Kier molecular flexibility index (Phi) is 6.53.